The molecule has 0 amide bonds. The first kappa shape index (κ1) is 19.0. The first-order valence-corrected chi connectivity index (χ1v) is 7.11. The molecule has 0 radical (unpaired) electrons. The van der Waals surface area contributed by atoms with E-state index in [2.05, 4.69) is 10.1 Å². The molecule has 0 aromatic carbocycles. The van der Waals surface area contributed by atoms with Crippen LogP contribution in [0.4, 0.5) is 22.0 Å². The third kappa shape index (κ3) is 4.19. The Morgan fingerprint density at radius 2 is 1.88 bits per heavy atom. The van der Waals surface area contributed by atoms with Gasteiger partial charge in [-0.1, -0.05) is 11.6 Å². The average Bonchev–Trinajstić information content (AvgIpc) is 2.91. The zero-order chi connectivity index (χ0) is 18.8. The molecule has 0 atom stereocenters. The zero-order valence-electron chi connectivity index (χ0n) is 12.9. The van der Waals surface area contributed by atoms with Gasteiger partial charge in [0.05, 0.1) is 0 Å². The van der Waals surface area contributed by atoms with E-state index in [1.54, 1.807) is 0 Å². The molecule has 25 heavy (non-hydrogen) atoms. The Morgan fingerprint density at radius 3 is 2.44 bits per heavy atom. The van der Waals surface area contributed by atoms with Crippen LogP contribution in [0.3, 0.4) is 0 Å². The monoisotopic (exact) mass is 383 g/mol. The first-order chi connectivity index (χ1) is 11.6. The third-order valence-electron chi connectivity index (χ3n) is 2.97. The van der Waals surface area contributed by atoms with Gasteiger partial charge in [-0.25, -0.2) is 13.5 Å². The number of rotatable bonds is 5. The van der Waals surface area contributed by atoms with E-state index in [1.165, 1.54) is 13.1 Å². The van der Waals surface area contributed by atoms with Crippen LogP contribution in [0.5, 0.6) is 17.6 Å². The van der Waals surface area contributed by atoms with E-state index in [0.29, 0.717) is 6.07 Å². The highest BCUT2D eigenvalue weighted by Crippen LogP contribution is 2.34. The summed E-state index contributed by atoms with van der Waals surface area (Å²) in [5, 5.41) is 3.22. The van der Waals surface area contributed by atoms with Crippen molar-refractivity contribution in [2.45, 2.75) is 13.1 Å². The Hall–Kier alpha value is -2.36. The summed E-state index contributed by atoms with van der Waals surface area (Å²) in [5.41, 5.74) is -0.568. The molecule has 136 valence electrons. The lowest BCUT2D eigenvalue weighted by Gasteiger charge is -2.11. The van der Waals surface area contributed by atoms with Gasteiger partial charge in [-0.3, -0.25) is 0 Å². The van der Waals surface area contributed by atoms with E-state index in [9.17, 15) is 22.0 Å². The van der Waals surface area contributed by atoms with Gasteiger partial charge in [0.25, 0.3) is 11.8 Å². The van der Waals surface area contributed by atoms with Crippen molar-refractivity contribution in [3.8, 4) is 17.6 Å². The second-order valence-electron chi connectivity index (χ2n) is 4.74. The van der Waals surface area contributed by atoms with Crippen molar-refractivity contribution in [1.29, 1.82) is 0 Å². The molecule has 0 unspecified atom stereocenters. The summed E-state index contributed by atoms with van der Waals surface area (Å²) in [6.45, 7) is 0.954. The van der Waals surface area contributed by atoms with Crippen molar-refractivity contribution in [2.75, 3.05) is 6.61 Å². The number of alkyl halides is 3. The van der Waals surface area contributed by atoms with Crippen molar-refractivity contribution in [2.24, 2.45) is 7.05 Å². The maximum Gasteiger partial charge on any atom is 0.435 e. The molecule has 2 rings (SSSR count). The van der Waals surface area contributed by atoms with E-state index < -0.39 is 46.7 Å². The van der Waals surface area contributed by atoms with Gasteiger partial charge < -0.3 is 9.47 Å². The fourth-order valence-electron chi connectivity index (χ4n) is 1.72. The molecule has 0 fully saturated rings. The predicted octanol–water partition coefficient (Wildman–Crippen LogP) is 4.34. The summed E-state index contributed by atoms with van der Waals surface area (Å²) >= 11 is 5.30. The molecule has 5 nitrogen and oxygen atoms in total. The zero-order valence-corrected chi connectivity index (χ0v) is 13.6. The molecule has 0 aliphatic heterocycles. The lowest BCUT2D eigenvalue weighted by molar-refractivity contribution is -0.141. The summed E-state index contributed by atoms with van der Waals surface area (Å²) in [6.07, 6.45) is -3.37. The molecular weight excluding hydrogens is 373 g/mol. The van der Waals surface area contributed by atoms with Crippen molar-refractivity contribution in [1.82, 2.24) is 14.8 Å². The molecule has 0 saturated carbocycles. The van der Waals surface area contributed by atoms with Crippen LogP contribution < -0.4 is 9.47 Å². The van der Waals surface area contributed by atoms with Gasteiger partial charge >= 0.3 is 6.18 Å². The van der Waals surface area contributed by atoms with E-state index in [4.69, 9.17) is 21.1 Å². The standard InChI is InChI=1S/C14H11ClF5N3O2/c1-7-10(16)12(24-5-3-4-15)21-13(11(7)17)25-9-6-8(14(18,19)20)22-23(9)2/h3-4,6H,5H2,1-2H3. The maximum absolute atomic E-state index is 14.1. The quantitative estimate of drug-likeness (QED) is 0.720. The molecule has 0 bridgehead atoms. The number of aryl methyl sites for hydroxylation is 1. The van der Waals surface area contributed by atoms with Crippen LogP contribution in [0, 0.1) is 18.6 Å². The third-order valence-corrected chi connectivity index (χ3v) is 3.15. The van der Waals surface area contributed by atoms with Gasteiger partial charge in [-0.05, 0) is 13.0 Å². The van der Waals surface area contributed by atoms with Crippen molar-refractivity contribution in [3.05, 3.63) is 40.6 Å². The average molecular weight is 384 g/mol. The van der Waals surface area contributed by atoms with Crippen molar-refractivity contribution in [3.63, 3.8) is 0 Å². The lowest BCUT2D eigenvalue weighted by Crippen LogP contribution is -2.06. The number of hydrogen-bond acceptors (Lipinski definition) is 4. The smallest absolute Gasteiger partial charge is 0.435 e. The van der Waals surface area contributed by atoms with Gasteiger partial charge in [-0.15, -0.1) is 0 Å². The number of ether oxygens (including phenoxy) is 2. The fourth-order valence-corrected chi connectivity index (χ4v) is 1.79. The molecule has 2 aromatic heterocycles. The predicted molar refractivity (Wildman–Crippen MR) is 77.7 cm³/mol. The van der Waals surface area contributed by atoms with Gasteiger partial charge in [0, 0.05) is 24.2 Å². The van der Waals surface area contributed by atoms with E-state index in [1.807, 2.05) is 0 Å². The summed E-state index contributed by atoms with van der Waals surface area (Å²) in [4.78, 5) is 3.52. The molecule has 0 saturated heterocycles. The number of pyridine rings is 1. The van der Waals surface area contributed by atoms with Crippen LogP contribution >= 0.6 is 11.6 Å². The van der Waals surface area contributed by atoms with E-state index in [-0.39, 0.29) is 6.61 Å². The number of hydrogen-bond donors (Lipinski definition) is 0. The SMILES string of the molecule is Cc1c(F)c(OCC=CCl)nc(Oc2cc(C(F)(F)F)nn2C)c1F. The largest absolute Gasteiger partial charge is 0.471 e. The fraction of sp³-hybridized carbons (Fsp3) is 0.286. The molecule has 11 heteroatoms. The minimum atomic E-state index is -4.70. The minimum Gasteiger partial charge on any atom is -0.471 e. The van der Waals surface area contributed by atoms with Gasteiger partial charge in [-0.2, -0.15) is 23.3 Å². The Labute approximate surface area is 143 Å². The molecule has 0 spiro atoms. The van der Waals surface area contributed by atoms with Crippen molar-refractivity contribution >= 4 is 11.6 Å². The summed E-state index contributed by atoms with van der Waals surface area (Å²) in [5.74, 6) is -4.00. The van der Waals surface area contributed by atoms with Gasteiger partial charge in [0.15, 0.2) is 17.3 Å². The van der Waals surface area contributed by atoms with Crippen LogP contribution in [-0.2, 0) is 13.2 Å². The van der Waals surface area contributed by atoms with Gasteiger partial charge in [0.1, 0.15) is 6.61 Å². The van der Waals surface area contributed by atoms with E-state index >= 15 is 0 Å². The highest BCUT2D eigenvalue weighted by Gasteiger charge is 2.35. The van der Waals surface area contributed by atoms with Crippen LogP contribution in [0.15, 0.2) is 17.7 Å². The Bertz CT molecular complexity index is 805. The summed E-state index contributed by atoms with van der Waals surface area (Å²) in [6, 6.07) is 0.566. The van der Waals surface area contributed by atoms with Gasteiger partial charge in [0.2, 0.25) is 5.88 Å². The van der Waals surface area contributed by atoms with Crippen LogP contribution in [-0.4, -0.2) is 21.4 Å². The second kappa shape index (κ2) is 7.26. The van der Waals surface area contributed by atoms with Crippen molar-refractivity contribution < 1.29 is 31.4 Å². The maximum atomic E-state index is 14.1. The molecular formula is C14H11ClF5N3O2. The first-order valence-electron chi connectivity index (χ1n) is 6.67. The normalized spacial score (nSPS) is 12.0. The highest BCUT2D eigenvalue weighted by atomic mass is 35.5. The molecule has 2 aromatic rings. The minimum absolute atomic E-state index is 0.151. The lowest BCUT2D eigenvalue weighted by atomic mass is 10.2. The highest BCUT2D eigenvalue weighted by molar-refractivity contribution is 6.25. The second-order valence-corrected chi connectivity index (χ2v) is 4.99. The summed E-state index contributed by atoms with van der Waals surface area (Å²) in [7, 11) is 1.17. The van der Waals surface area contributed by atoms with Crippen LogP contribution in [0.2, 0.25) is 0 Å². The summed E-state index contributed by atoms with van der Waals surface area (Å²) < 4.78 is 76.7. The molecule has 0 aliphatic rings. The van der Waals surface area contributed by atoms with Crippen LogP contribution in [0.25, 0.3) is 0 Å². The number of halogens is 6. The Kier molecular flexibility index (Phi) is 5.51. The molecule has 0 aliphatic carbocycles. The molecule has 2 heterocycles. The van der Waals surface area contributed by atoms with E-state index in [0.717, 1.165) is 17.1 Å². The number of aromatic nitrogens is 3. The van der Waals surface area contributed by atoms with Crippen LogP contribution in [0.1, 0.15) is 11.3 Å². The topological polar surface area (TPSA) is 49.2 Å². The molecule has 0 N–H and O–H groups in total. The number of nitrogens with zero attached hydrogens (tertiary/aromatic N) is 3. The Balaban J connectivity index is 2.38. The Morgan fingerprint density at radius 1 is 1.24 bits per heavy atom.